The van der Waals surface area contributed by atoms with E-state index in [0.717, 1.165) is 12.8 Å². The summed E-state index contributed by atoms with van der Waals surface area (Å²) in [5.74, 6) is -0.156. The second kappa shape index (κ2) is 6.65. The van der Waals surface area contributed by atoms with E-state index in [-0.39, 0.29) is 5.76 Å². The molecule has 0 bridgehead atoms. The molecule has 2 rings (SSSR count). The molecule has 0 fully saturated rings. The van der Waals surface area contributed by atoms with E-state index in [9.17, 15) is 10.1 Å². The Morgan fingerprint density at radius 3 is 2.60 bits per heavy atom. The molecule has 1 amide bonds. The minimum atomic E-state index is -0.829. The zero-order valence-corrected chi connectivity index (χ0v) is 12.0. The minimum absolute atomic E-state index is 0.254. The Morgan fingerprint density at radius 2 is 2.05 bits per heavy atom. The smallest absolute Gasteiger partial charge is 0.287 e. The molecule has 1 aromatic rings. The molecule has 1 aliphatic heterocycles. The van der Waals surface area contributed by atoms with Crippen molar-refractivity contribution in [3.05, 3.63) is 45.6 Å². The zero-order chi connectivity index (χ0) is 14.5. The first-order valence-electron chi connectivity index (χ1n) is 6.09. The van der Waals surface area contributed by atoms with Gasteiger partial charge in [0.2, 0.25) is 0 Å². The van der Waals surface area contributed by atoms with Crippen molar-refractivity contribution in [1.29, 1.82) is 5.26 Å². The van der Waals surface area contributed by atoms with Gasteiger partial charge in [-0.15, -0.1) is 0 Å². The molecule has 0 spiro atoms. The number of carbonyl (C=O) groups is 1. The van der Waals surface area contributed by atoms with E-state index in [1.54, 1.807) is 24.3 Å². The van der Waals surface area contributed by atoms with Crippen LogP contribution in [0.25, 0.3) is 0 Å². The Kier molecular flexibility index (Phi) is 4.89. The molecule has 0 aromatic heterocycles. The summed E-state index contributed by atoms with van der Waals surface area (Å²) in [4.78, 5) is 12.0. The van der Waals surface area contributed by atoms with E-state index in [2.05, 4.69) is 5.32 Å². The Hall–Kier alpha value is -1.70. The fourth-order valence-corrected chi connectivity index (χ4v) is 2.39. The van der Waals surface area contributed by atoms with Crippen LogP contribution < -0.4 is 5.32 Å². The number of hydrogen-bond donors (Lipinski definition) is 1. The van der Waals surface area contributed by atoms with Gasteiger partial charge in [-0.1, -0.05) is 23.2 Å². The molecule has 0 saturated heterocycles. The van der Waals surface area contributed by atoms with E-state index in [0.29, 0.717) is 22.2 Å². The van der Waals surface area contributed by atoms with E-state index in [1.165, 1.54) is 0 Å². The van der Waals surface area contributed by atoms with Crippen molar-refractivity contribution in [2.75, 3.05) is 6.61 Å². The molecule has 0 radical (unpaired) electrons. The van der Waals surface area contributed by atoms with Crippen molar-refractivity contribution in [3.63, 3.8) is 0 Å². The lowest BCUT2D eigenvalue weighted by atomic mass is 10.1. The molecule has 6 heteroatoms. The van der Waals surface area contributed by atoms with Crippen molar-refractivity contribution >= 4 is 29.1 Å². The average molecular weight is 311 g/mol. The average Bonchev–Trinajstić information content (AvgIpc) is 2.44. The Balaban J connectivity index is 2.15. The van der Waals surface area contributed by atoms with Crippen LogP contribution in [-0.4, -0.2) is 12.5 Å². The summed E-state index contributed by atoms with van der Waals surface area (Å²) in [6.45, 7) is 0.513. The monoisotopic (exact) mass is 310 g/mol. The number of amides is 1. The van der Waals surface area contributed by atoms with Crippen LogP contribution in [0.1, 0.15) is 24.4 Å². The number of halogens is 2. The van der Waals surface area contributed by atoms with Crippen LogP contribution in [0.4, 0.5) is 0 Å². The number of rotatable bonds is 3. The molecular formula is C14H12Cl2N2O2. The van der Waals surface area contributed by atoms with Gasteiger partial charge in [0, 0.05) is 10.0 Å². The molecule has 0 unspecified atom stereocenters. The zero-order valence-electron chi connectivity index (χ0n) is 10.5. The van der Waals surface area contributed by atoms with E-state index in [1.807, 2.05) is 6.07 Å². The van der Waals surface area contributed by atoms with Crippen molar-refractivity contribution in [2.45, 2.75) is 18.9 Å². The van der Waals surface area contributed by atoms with E-state index < -0.39 is 11.9 Å². The minimum Gasteiger partial charge on any atom is -0.488 e. The molecule has 0 saturated carbocycles. The summed E-state index contributed by atoms with van der Waals surface area (Å²) in [7, 11) is 0. The number of nitrogens with zero attached hydrogens (tertiary/aromatic N) is 1. The fraction of sp³-hybridized carbons (Fsp3) is 0.286. The number of hydrogen-bond acceptors (Lipinski definition) is 3. The molecule has 1 N–H and O–H groups in total. The lowest BCUT2D eigenvalue weighted by molar-refractivity contribution is -0.121. The van der Waals surface area contributed by atoms with Crippen molar-refractivity contribution in [3.8, 4) is 6.07 Å². The first kappa shape index (κ1) is 14.7. The highest BCUT2D eigenvalue weighted by Gasteiger charge is 2.20. The number of carbonyl (C=O) groups excluding carboxylic acids is 1. The number of benzene rings is 1. The van der Waals surface area contributed by atoms with Gasteiger partial charge in [0.05, 0.1) is 12.7 Å². The molecule has 1 atom stereocenters. The maximum Gasteiger partial charge on any atom is 0.287 e. The highest BCUT2D eigenvalue weighted by Crippen LogP contribution is 2.23. The maximum absolute atomic E-state index is 12.0. The molecular weight excluding hydrogens is 299 g/mol. The molecule has 20 heavy (non-hydrogen) atoms. The predicted molar refractivity (Wildman–Crippen MR) is 76.2 cm³/mol. The summed E-state index contributed by atoms with van der Waals surface area (Å²) in [6.07, 6.45) is 3.41. The second-order valence-electron chi connectivity index (χ2n) is 4.30. The normalized spacial score (nSPS) is 15.6. The first-order chi connectivity index (χ1) is 9.60. The predicted octanol–water partition coefficient (Wildman–Crippen LogP) is 3.37. The lowest BCUT2D eigenvalue weighted by Crippen LogP contribution is -2.30. The molecule has 1 aliphatic rings. The van der Waals surface area contributed by atoms with Gasteiger partial charge < -0.3 is 10.1 Å². The summed E-state index contributed by atoms with van der Waals surface area (Å²) >= 11 is 11.8. The van der Waals surface area contributed by atoms with Gasteiger partial charge in [-0.25, -0.2) is 0 Å². The van der Waals surface area contributed by atoms with Crippen molar-refractivity contribution < 1.29 is 9.53 Å². The number of allylic oxidation sites excluding steroid dienone is 1. The first-order valence-corrected chi connectivity index (χ1v) is 6.85. The van der Waals surface area contributed by atoms with Crippen LogP contribution in [0.3, 0.4) is 0 Å². The Morgan fingerprint density at radius 1 is 1.35 bits per heavy atom. The van der Waals surface area contributed by atoms with Gasteiger partial charge in [0.25, 0.3) is 5.91 Å². The van der Waals surface area contributed by atoms with Crippen LogP contribution in [0.5, 0.6) is 0 Å². The molecule has 1 aromatic carbocycles. The Bertz CT molecular complexity index is 573. The molecule has 0 aliphatic carbocycles. The van der Waals surface area contributed by atoms with E-state index in [4.69, 9.17) is 27.9 Å². The third-order valence-electron chi connectivity index (χ3n) is 2.78. The summed E-state index contributed by atoms with van der Waals surface area (Å²) in [5, 5.41) is 12.6. The Labute approximate surface area is 126 Å². The lowest BCUT2D eigenvalue weighted by Gasteiger charge is -2.17. The highest BCUT2D eigenvalue weighted by molar-refractivity contribution is 6.34. The van der Waals surface area contributed by atoms with Gasteiger partial charge in [-0.05, 0) is 42.7 Å². The molecule has 4 nitrogen and oxygen atoms in total. The van der Waals surface area contributed by atoms with Gasteiger partial charge in [-0.2, -0.15) is 5.26 Å². The van der Waals surface area contributed by atoms with Crippen LogP contribution in [0.15, 0.2) is 30.0 Å². The summed E-state index contributed by atoms with van der Waals surface area (Å²) in [6, 6.07) is 5.94. The maximum atomic E-state index is 12.0. The van der Waals surface area contributed by atoms with Crippen molar-refractivity contribution in [2.24, 2.45) is 0 Å². The van der Waals surface area contributed by atoms with Crippen LogP contribution in [-0.2, 0) is 9.53 Å². The van der Waals surface area contributed by atoms with Gasteiger partial charge in [0.15, 0.2) is 5.76 Å². The third kappa shape index (κ3) is 3.66. The number of nitrogens with one attached hydrogen (secondary N) is 1. The summed E-state index contributed by atoms with van der Waals surface area (Å²) in [5.41, 5.74) is 0.537. The summed E-state index contributed by atoms with van der Waals surface area (Å²) < 4.78 is 5.26. The fourth-order valence-electron chi connectivity index (χ4n) is 1.85. The van der Waals surface area contributed by atoms with Gasteiger partial charge >= 0.3 is 0 Å². The van der Waals surface area contributed by atoms with Crippen LogP contribution in [0, 0.1) is 11.3 Å². The van der Waals surface area contributed by atoms with Gasteiger partial charge in [-0.3, -0.25) is 4.79 Å². The number of nitriles is 1. The highest BCUT2D eigenvalue weighted by atomic mass is 35.5. The van der Waals surface area contributed by atoms with Crippen molar-refractivity contribution in [1.82, 2.24) is 5.32 Å². The second-order valence-corrected chi connectivity index (χ2v) is 5.17. The van der Waals surface area contributed by atoms with Crippen LogP contribution in [0.2, 0.25) is 10.0 Å². The topological polar surface area (TPSA) is 62.1 Å². The molecule has 104 valence electrons. The van der Waals surface area contributed by atoms with Gasteiger partial charge in [0.1, 0.15) is 6.04 Å². The SMILES string of the molecule is N#C[C@@H](NC(=O)C1=CCCCO1)c1cc(Cl)cc(Cl)c1. The number of ether oxygens (including phenoxy) is 1. The van der Waals surface area contributed by atoms with E-state index >= 15 is 0 Å². The standard InChI is InChI=1S/C14H12Cl2N2O2/c15-10-5-9(6-11(16)7-10)12(8-17)18-14(19)13-3-1-2-4-20-13/h3,5-7,12H,1-2,4H2,(H,18,19)/t12-/m1/s1. The third-order valence-corrected chi connectivity index (χ3v) is 3.22. The molecule has 1 heterocycles. The largest absolute Gasteiger partial charge is 0.488 e. The quantitative estimate of drug-likeness (QED) is 0.931. The van der Waals surface area contributed by atoms with Crippen LogP contribution >= 0.6 is 23.2 Å².